The molecule has 3 heterocycles. The Morgan fingerprint density at radius 1 is 1.00 bits per heavy atom. The Morgan fingerprint density at radius 2 is 1.80 bits per heavy atom. The van der Waals surface area contributed by atoms with E-state index in [1.165, 1.54) is 44.2 Å². The normalized spacial score (nSPS) is 58.3. The van der Waals surface area contributed by atoms with Crippen molar-refractivity contribution in [3.05, 3.63) is 11.6 Å². The summed E-state index contributed by atoms with van der Waals surface area (Å²) in [5, 5.41) is 43.0. The maximum Gasteiger partial charge on any atom is 0.203 e. The summed E-state index contributed by atoms with van der Waals surface area (Å²) in [6, 6.07) is 0. The van der Waals surface area contributed by atoms with Crippen molar-refractivity contribution in [1.82, 2.24) is 0 Å². The first-order valence-corrected chi connectivity index (χ1v) is 16.7. The van der Waals surface area contributed by atoms with Crippen LogP contribution in [0.3, 0.4) is 0 Å². The Morgan fingerprint density at radius 3 is 2.54 bits per heavy atom. The fourth-order valence-corrected chi connectivity index (χ4v) is 11.5. The van der Waals surface area contributed by atoms with E-state index >= 15 is 0 Å². The third-order valence-electron chi connectivity index (χ3n) is 13.9. The SMILES string of the molecule is CC1CCC2([NH2+]C1)OC1CC3C4CC=C5CC(OC6OC(CO)C(O)C(O)C6O)CCC5(C)C4CCC3(C)C1C2C. The summed E-state index contributed by atoms with van der Waals surface area (Å²) in [6.45, 7) is 10.8. The summed E-state index contributed by atoms with van der Waals surface area (Å²) in [4.78, 5) is 0. The van der Waals surface area contributed by atoms with E-state index < -0.39 is 37.3 Å². The fourth-order valence-electron chi connectivity index (χ4n) is 11.5. The summed E-state index contributed by atoms with van der Waals surface area (Å²) in [5.74, 6) is 4.16. The molecule has 8 heteroatoms. The minimum Gasteiger partial charge on any atom is -0.394 e. The van der Waals surface area contributed by atoms with E-state index in [-0.39, 0.29) is 17.2 Å². The molecule has 3 saturated heterocycles. The van der Waals surface area contributed by atoms with Gasteiger partial charge in [-0.3, -0.25) is 0 Å². The average molecular weight is 577 g/mol. The van der Waals surface area contributed by atoms with Crippen LogP contribution < -0.4 is 5.32 Å². The van der Waals surface area contributed by atoms with E-state index in [2.05, 4.69) is 39.1 Å². The average Bonchev–Trinajstić information content (AvgIpc) is 3.40. The number of rotatable bonds is 3. The van der Waals surface area contributed by atoms with Crippen LogP contribution in [-0.4, -0.2) is 82.2 Å². The Kier molecular flexibility index (Phi) is 7.27. The molecular formula is C33H54NO7+. The quantitative estimate of drug-likeness (QED) is 0.326. The van der Waals surface area contributed by atoms with Gasteiger partial charge in [-0.1, -0.05) is 39.3 Å². The van der Waals surface area contributed by atoms with Crippen LogP contribution in [0.5, 0.6) is 0 Å². The van der Waals surface area contributed by atoms with Gasteiger partial charge in [0.2, 0.25) is 5.72 Å². The highest BCUT2D eigenvalue weighted by molar-refractivity contribution is 5.26. The van der Waals surface area contributed by atoms with E-state index in [4.69, 9.17) is 14.2 Å². The Hall–Kier alpha value is -0.580. The van der Waals surface area contributed by atoms with Gasteiger partial charge in [-0.15, -0.1) is 0 Å². The maximum atomic E-state index is 10.5. The monoisotopic (exact) mass is 576 g/mol. The van der Waals surface area contributed by atoms with Crippen molar-refractivity contribution in [1.29, 1.82) is 0 Å². The smallest absolute Gasteiger partial charge is 0.203 e. The second-order valence-corrected chi connectivity index (χ2v) is 15.7. The molecule has 0 amide bonds. The van der Waals surface area contributed by atoms with E-state index in [0.29, 0.717) is 35.2 Å². The molecule has 0 radical (unpaired) electrons. The molecule has 0 aromatic rings. The first-order chi connectivity index (χ1) is 19.5. The van der Waals surface area contributed by atoms with Crippen LogP contribution in [0.4, 0.5) is 0 Å². The minimum absolute atomic E-state index is 0.0115. The molecule has 7 rings (SSSR count). The number of aliphatic hydroxyl groups is 4. The van der Waals surface area contributed by atoms with Crippen molar-refractivity contribution in [2.24, 2.45) is 46.3 Å². The molecule has 8 nitrogen and oxygen atoms in total. The lowest BCUT2D eigenvalue weighted by Crippen LogP contribution is -3.00. The van der Waals surface area contributed by atoms with Gasteiger partial charge in [0.15, 0.2) is 6.29 Å². The number of hydrogen-bond donors (Lipinski definition) is 5. The maximum absolute atomic E-state index is 10.5. The Balaban J connectivity index is 1.05. The molecule has 0 aromatic heterocycles. The molecule has 1 spiro atoms. The second-order valence-electron chi connectivity index (χ2n) is 15.7. The summed E-state index contributed by atoms with van der Waals surface area (Å²) < 4.78 is 19.0. The summed E-state index contributed by atoms with van der Waals surface area (Å²) in [5.41, 5.74) is 2.02. The summed E-state index contributed by atoms with van der Waals surface area (Å²) >= 11 is 0. The van der Waals surface area contributed by atoms with Crippen molar-refractivity contribution in [3.63, 3.8) is 0 Å². The van der Waals surface area contributed by atoms with Crippen LogP contribution in [0.25, 0.3) is 0 Å². The highest BCUT2D eigenvalue weighted by atomic mass is 16.7. The molecule has 4 aliphatic carbocycles. The molecule has 232 valence electrons. The number of quaternary nitrogens is 1. The number of allylic oxidation sites excluding steroid dienone is 1. The van der Waals surface area contributed by atoms with Crippen LogP contribution >= 0.6 is 0 Å². The highest BCUT2D eigenvalue weighted by Crippen LogP contribution is 2.70. The highest BCUT2D eigenvalue weighted by Gasteiger charge is 2.69. The lowest BCUT2D eigenvalue weighted by Gasteiger charge is -2.58. The molecule has 41 heavy (non-hydrogen) atoms. The Bertz CT molecular complexity index is 1030. The van der Waals surface area contributed by atoms with Gasteiger partial charge in [0.05, 0.1) is 25.4 Å². The predicted octanol–water partition coefficient (Wildman–Crippen LogP) is 2.08. The van der Waals surface area contributed by atoms with Gasteiger partial charge in [0.25, 0.3) is 0 Å². The zero-order valence-electron chi connectivity index (χ0n) is 25.5. The summed E-state index contributed by atoms with van der Waals surface area (Å²) in [6.07, 6.45) is 6.85. The molecular weight excluding hydrogens is 522 g/mol. The molecule has 16 atom stereocenters. The van der Waals surface area contributed by atoms with E-state index in [0.717, 1.165) is 37.5 Å². The van der Waals surface area contributed by atoms with Gasteiger partial charge < -0.3 is 40.0 Å². The van der Waals surface area contributed by atoms with Crippen LogP contribution in [-0.2, 0) is 14.2 Å². The number of nitrogens with two attached hydrogens (primary N) is 1. The lowest BCUT2D eigenvalue weighted by atomic mass is 9.47. The largest absolute Gasteiger partial charge is 0.394 e. The molecule has 6 N–H and O–H groups in total. The first-order valence-electron chi connectivity index (χ1n) is 16.7. The molecule has 0 bridgehead atoms. The van der Waals surface area contributed by atoms with Crippen molar-refractivity contribution >= 4 is 0 Å². The van der Waals surface area contributed by atoms with Gasteiger partial charge in [-0.25, -0.2) is 0 Å². The number of piperidine rings is 1. The van der Waals surface area contributed by atoms with E-state index in [9.17, 15) is 20.4 Å². The fraction of sp³-hybridized carbons (Fsp3) is 0.939. The zero-order valence-corrected chi connectivity index (χ0v) is 25.5. The number of hydrogen-bond acceptors (Lipinski definition) is 7. The predicted molar refractivity (Wildman–Crippen MR) is 151 cm³/mol. The molecule has 3 aliphatic heterocycles. The van der Waals surface area contributed by atoms with Gasteiger partial charge >= 0.3 is 0 Å². The third kappa shape index (κ3) is 4.29. The van der Waals surface area contributed by atoms with E-state index in [1.807, 2.05) is 0 Å². The van der Waals surface area contributed by atoms with Crippen LogP contribution in [0.15, 0.2) is 11.6 Å². The van der Waals surface area contributed by atoms with Crippen molar-refractivity contribution < 1.29 is 40.0 Å². The topological polar surface area (TPSA) is 125 Å². The van der Waals surface area contributed by atoms with Crippen molar-refractivity contribution in [2.75, 3.05) is 13.2 Å². The second kappa shape index (κ2) is 10.2. The van der Waals surface area contributed by atoms with Crippen molar-refractivity contribution in [3.8, 4) is 0 Å². The van der Waals surface area contributed by atoms with Crippen LogP contribution in [0.2, 0.25) is 0 Å². The van der Waals surface area contributed by atoms with Gasteiger partial charge in [-0.05, 0) is 80.0 Å². The molecule has 7 aliphatic rings. The first kappa shape index (κ1) is 29.1. The molecule has 6 fully saturated rings. The van der Waals surface area contributed by atoms with Gasteiger partial charge in [0, 0.05) is 24.2 Å². The number of aliphatic hydroxyl groups excluding tert-OH is 4. The van der Waals surface area contributed by atoms with Gasteiger partial charge in [0.1, 0.15) is 24.4 Å². The van der Waals surface area contributed by atoms with Gasteiger partial charge in [-0.2, -0.15) is 0 Å². The van der Waals surface area contributed by atoms with Crippen molar-refractivity contribution in [2.45, 2.75) is 134 Å². The molecule has 16 unspecified atom stereocenters. The standard InChI is InChI=1S/C33H53NO7/c1-17-7-12-33(34-15-17)18(2)26-24(41-33)14-23-21-6-5-19-13-20(8-10-31(19,3)22(21)9-11-32(23,26)4)39-30-29(38)28(37)27(36)25(16-35)40-30/h5,17-18,20-30,34-38H,6-16H2,1-4H3/p+1. The van der Waals surface area contributed by atoms with E-state index in [1.54, 1.807) is 0 Å². The zero-order chi connectivity index (χ0) is 28.9. The molecule has 0 aromatic carbocycles. The Labute approximate surface area is 245 Å². The minimum atomic E-state index is -1.40. The van der Waals surface area contributed by atoms with Crippen LogP contribution in [0, 0.1) is 46.3 Å². The molecule has 3 saturated carbocycles. The van der Waals surface area contributed by atoms with Crippen LogP contribution in [0.1, 0.15) is 85.5 Å². The summed E-state index contributed by atoms with van der Waals surface area (Å²) in [7, 11) is 0. The third-order valence-corrected chi connectivity index (χ3v) is 13.9. The lowest BCUT2D eigenvalue weighted by molar-refractivity contribution is -0.786. The number of ether oxygens (including phenoxy) is 3. The number of fused-ring (bicyclic) bond motifs is 7.